The quantitative estimate of drug-likeness (QED) is 0.306. The van der Waals surface area contributed by atoms with Crippen molar-refractivity contribution in [2.45, 2.75) is 50.4 Å². The Labute approximate surface area is 179 Å². The molecule has 2 saturated heterocycles. The van der Waals surface area contributed by atoms with E-state index in [1.807, 2.05) is 30.3 Å². The molecule has 3 aliphatic rings. The summed E-state index contributed by atoms with van der Waals surface area (Å²) in [6.07, 6.45) is 5.01. The van der Waals surface area contributed by atoms with E-state index in [2.05, 4.69) is 19.6 Å². The highest BCUT2D eigenvalue weighted by molar-refractivity contribution is 7.20. The second-order valence-corrected chi connectivity index (χ2v) is 9.60. The summed E-state index contributed by atoms with van der Waals surface area (Å²) in [5, 5.41) is 1.05. The monoisotopic (exact) mass is 424 g/mol. The van der Waals surface area contributed by atoms with Gasteiger partial charge in [-0.15, -0.1) is 11.3 Å². The zero-order valence-electron chi connectivity index (χ0n) is 16.9. The summed E-state index contributed by atoms with van der Waals surface area (Å²) in [7, 11) is 0. The van der Waals surface area contributed by atoms with Crippen LogP contribution in [0.1, 0.15) is 42.3 Å². The zero-order valence-corrected chi connectivity index (χ0v) is 17.7. The number of benzene rings is 1. The van der Waals surface area contributed by atoms with Crippen molar-refractivity contribution in [1.82, 2.24) is 0 Å². The minimum Gasteiger partial charge on any atom is -0.457 e. The van der Waals surface area contributed by atoms with Crippen LogP contribution in [0.25, 0.3) is 10.1 Å². The van der Waals surface area contributed by atoms with Crippen molar-refractivity contribution >= 4 is 33.4 Å². The molecule has 2 aromatic rings. The smallest absolute Gasteiger partial charge is 0.348 e. The van der Waals surface area contributed by atoms with Gasteiger partial charge < -0.3 is 14.2 Å². The van der Waals surface area contributed by atoms with Crippen LogP contribution < -0.4 is 0 Å². The summed E-state index contributed by atoms with van der Waals surface area (Å²) >= 11 is 1.45. The lowest BCUT2D eigenvalue weighted by molar-refractivity contribution is -0.140. The maximum atomic E-state index is 12.6. The van der Waals surface area contributed by atoms with Crippen LogP contribution in [0.2, 0.25) is 0 Å². The van der Waals surface area contributed by atoms with Crippen molar-refractivity contribution in [3.8, 4) is 0 Å². The van der Waals surface area contributed by atoms with Gasteiger partial charge in [0.2, 0.25) is 0 Å². The molecule has 1 aromatic heterocycles. The third-order valence-corrected chi connectivity index (χ3v) is 7.55. The lowest BCUT2D eigenvalue weighted by atomic mass is 9.84. The van der Waals surface area contributed by atoms with Crippen LogP contribution >= 0.6 is 11.3 Å². The standard InChI is InChI=1S/C24H24O5S/c1-14-17-10-9-15(6-5-11-24(2)21(29-24)20(17)28-22(14)25)13-27-23(26)19-12-16-7-3-4-8-18(16)30-19/h3-4,6-8,12,17,20-21H,1,5,9-11,13H2,2H3/b15-6+/t17-,20-,21-,24+/m0/s1. The molecule has 0 radical (unpaired) electrons. The van der Waals surface area contributed by atoms with Crippen LogP contribution in [0, 0.1) is 5.92 Å². The van der Waals surface area contributed by atoms with E-state index in [1.54, 1.807) is 0 Å². The van der Waals surface area contributed by atoms with Crippen LogP contribution in [0.5, 0.6) is 0 Å². The van der Waals surface area contributed by atoms with Crippen LogP contribution in [0.4, 0.5) is 0 Å². The van der Waals surface area contributed by atoms with Crippen LogP contribution in [-0.2, 0) is 19.0 Å². The zero-order chi connectivity index (χ0) is 20.9. The average Bonchev–Trinajstić information content (AvgIpc) is 3.07. The summed E-state index contributed by atoms with van der Waals surface area (Å²) in [5.41, 5.74) is 1.33. The van der Waals surface area contributed by atoms with E-state index in [-0.39, 0.29) is 42.3 Å². The summed E-state index contributed by atoms with van der Waals surface area (Å²) in [6.45, 7) is 6.27. The van der Waals surface area contributed by atoms with Crippen molar-refractivity contribution in [3.63, 3.8) is 0 Å². The van der Waals surface area contributed by atoms with Crippen molar-refractivity contribution in [2.75, 3.05) is 6.61 Å². The van der Waals surface area contributed by atoms with Gasteiger partial charge in [0, 0.05) is 16.2 Å². The largest absolute Gasteiger partial charge is 0.457 e. The van der Waals surface area contributed by atoms with Crippen molar-refractivity contribution in [2.24, 2.45) is 5.92 Å². The second kappa shape index (κ2) is 7.36. The molecule has 30 heavy (non-hydrogen) atoms. The summed E-state index contributed by atoms with van der Waals surface area (Å²) in [5.74, 6) is -0.665. The summed E-state index contributed by atoms with van der Waals surface area (Å²) in [6, 6.07) is 9.80. The van der Waals surface area contributed by atoms with Gasteiger partial charge in [-0.05, 0) is 55.7 Å². The average molecular weight is 425 g/mol. The number of hydrogen-bond donors (Lipinski definition) is 0. The van der Waals surface area contributed by atoms with Gasteiger partial charge in [0.05, 0.1) is 5.60 Å². The Bertz CT molecular complexity index is 1030. The molecule has 0 unspecified atom stereocenters. The van der Waals surface area contributed by atoms with Crippen molar-refractivity contribution in [3.05, 3.63) is 59.0 Å². The number of fused-ring (bicyclic) bond motifs is 4. The molecule has 5 rings (SSSR count). The minimum atomic E-state index is -0.316. The van der Waals surface area contributed by atoms with Gasteiger partial charge in [-0.25, -0.2) is 9.59 Å². The van der Waals surface area contributed by atoms with E-state index in [1.165, 1.54) is 11.3 Å². The molecule has 1 aromatic carbocycles. The fourth-order valence-electron chi connectivity index (χ4n) is 4.56. The van der Waals surface area contributed by atoms with Gasteiger partial charge >= 0.3 is 11.9 Å². The molecular formula is C24H24O5S. The van der Waals surface area contributed by atoms with Crippen molar-refractivity contribution in [1.29, 1.82) is 0 Å². The number of allylic oxidation sites excluding steroid dienone is 1. The molecule has 3 heterocycles. The third-order valence-electron chi connectivity index (χ3n) is 6.45. The lowest BCUT2D eigenvalue weighted by Crippen LogP contribution is -2.29. The highest BCUT2D eigenvalue weighted by Crippen LogP contribution is 2.49. The molecule has 6 heteroatoms. The molecular weight excluding hydrogens is 400 g/mol. The highest BCUT2D eigenvalue weighted by atomic mass is 32.1. The Kier molecular flexibility index (Phi) is 4.79. The van der Waals surface area contributed by atoms with E-state index in [0.29, 0.717) is 10.5 Å². The molecule has 0 N–H and O–H groups in total. The van der Waals surface area contributed by atoms with E-state index in [9.17, 15) is 9.59 Å². The predicted octanol–water partition coefficient (Wildman–Crippen LogP) is 4.81. The molecule has 2 fully saturated rings. The van der Waals surface area contributed by atoms with Gasteiger partial charge in [-0.1, -0.05) is 30.9 Å². The summed E-state index contributed by atoms with van der Waals surface area (Å²) in [4.78, 5) is 25.3. The van der Waals surface area contributed by atoms with Gasteiger partial charge in [0.15, 0.2) is 0 Å². The molecule has 5 nitrogen and oxygen atoms in total. The normalized spacial score (nSPS) is 32.6. The van der Waals surface area contributed by atoms with Crippen LogP contribution in [-0.4, -0.2) is 36.4 Å². The molecule has 156 valence electrons. The first-order valence-corrected chi connectivity index (χ1v) is 11.2. The number of ether oxygens (including phenoxy) is 3. The van der Waals surface area contributed by atoms with Gasteiger partial charge in [-0.3, -0.25) is 0 Å². The molecule has 2 aliphatic heterocycles. The van der Waals surface area contributed by atoms with Crippen LogP contribution in [0.3, 0.4) is 0 Å². The maximum Gasteiger partial charge on any atom is 0.348 e. The predicted molar refractivity (Wildman–Crippen MR) is 114 cm³/mol. The van der Waals surface area contributed by atoms with E-state index in [0.717, 1.165) is 41.3 Å². The highest BCUT2D eigenvalue weighted by Gasteiger charge is 2.61. The van der Waals surface area contributed by atoms with E-state index in [4.69, 9.17) is 14.2 Å². The maximum absolute atomic E-state index is 12.6. The van der Waals surface area contributed by atoms with Gasteiger partial charge in [0.25, 0.3) is 0 Å². The number of carbonyl (C=O) groups is 2. The third kappa shape index (κ3) is 3.48. The number of rotatable bonds is 3. The Morgan fingerprint density at radius 3 is 3.03 bits per heavy atom. The first-order chi connectivity index (χ1) is 14.4. The fourth-order valence-corrected chi connectivity index (χ4v) is 5.52. The topological polar surface area (TPSA) is 65.1 Å². The van der Waals surface area contributed by atoms with Gasteiger partial charge in [-0.2, -0.15) is 0 Å². The number of epoxide rings is 1. The fraction of sp³-hybridized carbons (Fsp3) is 0.417. The van der Waals surface area contributed by atoms with Crippen molar-refractivity contribution < 1.29 is 23.8 Å². The second-order valence-electron chi connectivity index (χ2n) is 8.52. The summed E-state index contributed by atoms with van der Waals surface area (Å²) < 4.78 is 18.2. The van der Waals surface area contributed by atoms with E-state index < -0.39 is 0 Å². The Morgan fingerprint density at radius 1 is 1.37 bits per heavy atom. The first-order valence-electron chi connectivity index (χ1n) is 10.4. The van der Waals surface area contributed by atoms with Gasteiger partial charge in [0.1, 0.15) is 23.7 Å². The molecule has 0 saturated carbocycles. The van der Waals surface area contributed by atoms with Crippen LogP contribution in [0.15, 0.2) is 54.1 Å². The SMILES string of the molecule is C=C1C(=O)O[C@H]2[C@H]1CC/C(COC(=O)c1cc3ccccc3s1)=C\CC[C@@]1(C)O[C@@H]21. The minimum absolute atomic E-state index is 0.0496. The Morgan fingerprint density at radius 2 is 2.20 bits per heavy atom. The number of thiophene rings is 1. The van der Waals surface area contributed by atoms with E-state index >= 15 is 0 Å². The molecule has 0 bridgehead atoms. The Balaban J connectivity index is 1.28. The number of esters is 2. The molecule has 1 aliphatic carbocycles. The molecule has 4 atom stereocenters. The first kappa shape index (κ1) is 19.5. The molecule has 0 amide bonds. The molecule has 0 spiro atoms. The Hall–Kier alpha value is -2.44. The lowest BCUT2D eigenvalue weighted by Gasteiger charge is -2.20. The number of hydrogen-bond acceptors (Lipinski definition) is 6. The number of carbonyl (C=O) groups excluding carboxylic acids is 2.